The predicted molar refractivity (Wildman–Crippen MR) is 94.8 cm³/mol. The van der Waals surface area contributed by atoms with Gasteiger partial charge >= 0.3 is 0 Å². The first-order valence-electron chi connectivity index (χ1n) is 7.48. The minimum absolute atomic E-state index is 0.0890. The molecule has 0 aliphatic carbocycles. The van der Waals surface area contributed by atoms with Gasteiger partial charge in [0.15, 0.2) is 0 Å². The van der Waals surface area contributed by atoms with Crippen molar-refractivity contribution >= 4 is 23.4 Å². The fraction of sp³-hybridized carbons (Fsp3) is 0.278. The van der Waals surface area contributed by atoms with Crippen molar-refractivity contribution in [3.63, 3.8) is 0 Å². The van der Waals surface area contributed by atoms with E-state index in [9.17, 15) is 4.79 Å². The molecule has 0 spiro atoms. The number of benzene rings is 2. The fourth-order valence-electron chi connectivity index (χ4n) is 2.14. The highest BCUT2D eigenvalue weighted by molar-refractivity contribution is 7.99. The standard InChI is InChI=1S/C18H22N2O2S/c1-13-10-16(23-15-6-4-3-5-7-15)8-9-17(13)20-18(21)11-14(12-19)22-2/h3-10,14H,11-12,19H2,1-2H3,(H,20,21). The second-order valence-electron chi connectivity index (χ2n) is 5.24. The van der Waals surface area contributed by atoms with E-state index in [-0.39, 0.29) is 18.4 Å². The second kappa shape index (κ2) is 8.72. The monoisotopic (exact) mass is 330 g/mol. The van der Waals surface area contributed by atoms with Gasteiger partial charge in [-0.25, -0.2) is 0 Å². The lowest BCUT2D eigenvalue weighted by molar-refractivity contribution is -0.118. The van der Waals surface area contributed by atoms with Crippen LogP contribution in [0.15, 0.2) is 58.3 Å². The van der Waals surface area contributed by atoms with Gasteiger partial charge in [0, 0.05) is 29.1 Å². The molecule has 1 amide bonds. The first-order chi connectivity index (χ1) is 11.1. The van der Waals surface area contributed by atoms with Crippen LogP contribution in [0.3, 0.4) is 0 Å². The lowest BCUT2D eigenvalue weighted by Gasteiger charge is -2.14. The Morgan fingerprint density at radius 1 is 1.22 bits per heavy atom. The number of ether oxygens (including phenoxy) is 1. The summed E-state index contributed by atoms with van der Waals surface area (Å²) in [6, 6.07) is 16.2. The number of aryl methyl sites for hydroxylation is 1. The molecule has 1 unspecified atom stereocenters. The van der Waals surface area contributed by atoms with Crippen molar-refractivity contribution in [2.24, 2.45) is 5.73 Å². The van der Waals surface area contributed by atoms with Gasteiger partial charge in [0.25, 0.3) is 0 Å². The number of carbonyl (C=O) groups is 1. The molecule has 3 N–H and O–H groups in total. The Hall–Kier alpha value is -1.82. The van der Waals surface area contributed by atoms with Crippen LogP contribution in [0.4, 0.5) is 5.69 Å². The number of hydrogen-bond donors (Lipinski definition) is 2. The molecule has 2 aromatic rings. The van der Waals surface area contributed by atoms with E-state index in [1.807, 2.05) is 37.3 Å². The highest BCUT2D eigenvalue weighted by atomic mass is 32.2. The molecule has 4 nitrogen and oxygen atoms in total. The summed E-state index contributed by atoms with van der Waals surface area (Å²) in [5.41, 5.74) is 7.39. The van der Waals surface area contributed by atoms with Crippen molar-refractivity contribution in [2.75, 3.05) is 19.0 Å². The predicted octanol–water partition coefficient (Wildman–Crippen LogP) is 3.45. The average Bonchev–Trinajstić information content (AvgIpc) is 2.56. The summed E-state index contributed by atoms with van der Waals surface area (Å²) in [4.78, 5) is 14.3. The van der Waals surface area contributed by atoms with E-state index in [1.54, 1.807) is 18.9 Å². The number of amides is 1. The van der Waals surface area contributed by atoms with Crippen LogP contribution in [-0.2, 0) is 9.53 Å². The Balaban J connectivity index is 2.00. The van der Waals surface area contributed by atoms with Crippen LogP contribution in [0.25, 0.3) is 0 Å². The summed E-state index contributed by atoms with van der Waals surface area (Å²) in [5, 5.41) is 2.92. The maximum atomic E-state index is 12.0. The molecular formula is C18H22N2O2S. The molecule has 0 bridgehead atoms. The molecule has 0 aromatic heterocycles. The van der Waals surface area contributed by atoms with Gasteiger partial charge in [0.1, 0.15) is 0 Å². The van der Waals surface area contributed by atoms with Gasteiger partial charge in [0.05, 0.1) is 12.5 Å². The van der Waals surface area contributed by atoms with E-state index >= 15 is 0 Å². The van der Waals surface area contributed by atoms with Crippen molar-refractivity contribution in [3.8, 4) is 0 Å². The Kier molecular flexibility index (Phi) is 6.65. The number of carbonyl (C=O) groups excluding carboxylic acids is 1. The zero-order chi connectivity index (χ0) is 16.7. The molecule has 5 heteroatoms. The summed E-state index contributed by atoms with van der Waals surface area (Å²) < 4.78 is 5.13. The molecule has 0 fully saturated rings. The van der Waals surface area contributed by atoms with Gasteiger partial charge in [-0.2, -0.15) is 0 Å². The zero-order valence-corrected chi connectivity index (χ0v) is 14.2. The van der Waals surface area contributed by atoms with E-state index in [4.69, 9.17) is 10.5 Å². The molecule has 0 heterocycles. The first-order valence-corrected chi connectivity index (χ1v) is 8.30. The molecule has 0 radical (unpaired) electrons. The zero-order valence-electron chi connectivity index (χ0n) is 13.4. The maximum Gasteiger partial charge on any atom is 0.227 e. The largest absolute Gasteiger partial charge is 0.380 e. The Bertz CT molecular complexity index is 643. The summed E-state index contributed by atoms with van der Waals surface area (Å²) >= 11 is 1.70. The van der Waals surface area contributed by atoms with Crippen LogP contribution in [0.5, 0.6) is 0 Å². The molecule has 23 heavy (non-hydrogen) atoms. The van der Waals surface area contributed by atoms with E-state index in [2.05, 4.69) is 23.5 Å². The molecule has 0 saturated carbocycles. The number of hydrogen-bond acceptors (Lipinski definition) is 4. The highest BCUT2D eigenvalue weighted by Crippen LogP contribution is 2.30. The molecule has 0 aliphatic rings. The molecule has 122 valence electrons. The summed E-state index contributed by atoms with van der Waals surface area (Å²) in [7, 11) is 1.56. The fourth-order valence-corrected chi connectivity index (χ4v) is 3.07. The molecule has 2 aromatic carbocycles. The number of methoxy groups -OCH3 is 1. The van der Waals surface area contributed by atoms with Crippen LogP contribution in [-0.4, -0.2) is 25.7 Å². The van der Waals surface area contributed by atoms with Gasteiger partial charge in [-0.3, -0.25) is 4.79 Å². The third-order valence-electron chi connectivity index (χ3n) is 3.46. The summed E-state index contributed by atoms with van der Waals surface area (Å²) in [5.74, 6) is -0.0890. The van der Waals surface area contributed by atoms with Crippen LogP contribution < -0.4 is 11.1 Å². The Labute approximate surface area is 141 Å². The molecular weight excluding hydrogens is 308 g/mol. The molecule has 0 aliphatic heterocycles. The second-order valence-corrected chi connectivity index (χ2v) is 6.38. The average molecular weight is 330 g/mol. The smallest absolute Gasteiger partial charge is 0.227 e. The van der Waals surface area contributed by atoms with Crippen molar-refractivity contribution in [1.82, 2.24) is 0 Å². The topological polar surface area (TPSA) is 64.3 Å². The maximum absolute atomic E-state index is 12.0. The normalized spacial score (nSPS) is 12.0. The Morgan fingerprint density at radius 2 is 1.96 bits per heavy atom. The van der Waals surface area contributed by atoms with Crippen molar-refractivity contribution in [3.05, 3.63) is 54.1 Å². The van der Waals surface area contributed by atoms with E-state index in [0.717, 1.165) is 16.1 Å². The van der Waals surface area contributed by atoms with E-state index < -0.39 is 0 Å². The summed E-state index contributed by atoms with van der Waals surface area (Å²) in [6.07, 6.45) is 0.00988. The van der Waals surface area contributed by atoms with Gasteiger partial charge in [-0.05, 0) is 42.8 Å². The van der Waals surface area contributed by atoms with Crippen LogP contribution in [0, 0.1) is 6.92 Å². The number of anilines is 1. The quantitative estimate of drug-likeness (QED) is 0.816. The van der Waals surface area contributed by atoms with E-state index in [0.29, 0.717) is 6.54 Å². The number of nitrogens with two attached hydrogens (primary N) is 1. The lowest BCUT2D eigenvalue weighted by atomic mass is 10.2. The van der Waals surface area contributed by atoms with Crippen LogP contribution >= 0.6 is 11.8 Å². The van der Waals surface area contributed by atoms with Gasteiger partial charge < -0.3 is 15.8 Å². The third-order valence-corrected chi connectivity index (χ3v) is 4.46. The highest BCUT2D eigenvalue weighted by Gasteiger charge is 2.12. The van der Waals surface area contributed by atoms with Gasteiger partial charge in [0.2, 0.25) is 5.91 Å². The van der Waals surface area contributed by atoms with Crippen LogP contribution in [0.1, 0.15) is 12.0 Å². The van der Waals surface area contributed by atoms with Crippen molar-refractivity contribution in [2.45, 2.75) is 29.2 Å². The van der Waals surface area contributed by atoms with E-state index in [1.165, 1.54) is 4.90 Å². The minimum atomic E-state index is -0.247. The van der Waals surface area contributed by atoms with Crippen LogP contribution in [0.2, 0.25) is 0 Å². The van der Waals surface area contributed by atoms with Crippen molar-refractivity contribution < 1.29 is 9.53 Å². The Morgan fingerprint density at radius 3 is 2.57 bits per heavy atom. The minimum Gasteiger partial charge on any atom is -0.380 e. The van der Waals surface area contributed by atoms with Gasteiger partial charge in [-0.1, -0.05) is 30.0 Å². The number of rotatable bonds is 7. The molecule has 1 atom stereocenters. The molecule has 2 rings (SSSR count). The van der Waals surface area contributed by atoms with Gasteiger partial charge in [-0.15, -0.1) is 0 Å². The summed E-state index contributed by atoms with van der Waals surface area (Å²) in [6.45, 7) is 2.32. The SMILES string of the molecule is COC(CN)CC(=O)Nc1ccc(Sc2ccccc2)cc1C. The third kappa shape index (κ3) is 5.39. The lowest BCUT2D eigenvalue weighted by Crippen LogP contribution is -2.28. The molecule has 0 saturated heterocycles. The first kappa shape index (κ1) is 17.5. The van der Waals surface area contributed by atoms with Crippen molar-refractivity contribution in [1.29, 1.82) is 0 Å². The number of nitrogens with one attached hydrogen (secondary N) is 1.